The average molecular weight is 393 g/mol. The van der Waals surface area contributed by atoms with Crippen molar-refractivity contribution >= 4 is 34.1 Å². The maximum absolute atomic E-state index is 12.3. The third-order valence-electron chi connectivity index (χ3n) is 5.02. The second kappa shape index (κ2) is 7.60. The van der Waals surface area contributed by atoms with Crippen LogP contribution in [-0.2, 0) is 17.8 Å². The first-order valence-corrected chi connectivity index (χ1v) is 9.65. The van der Waals surface area contributed by atoms with Crippen molar-refractivity contribution in [3.63, 3.8) is 0 Å². The molecule has 1 amide bonds. The van der Waals surface area contributed by atoms with Gasteiger partial charge in [0, 0.05) is 34.8 Å². The molecule has 0 bridgehead atoms. The Bertz CT molecular complexity index is 1160. The summed E-state index contributed by atoms with van der Waals surface area (Å²) >= 11 is 5.89. The van der Waals surface area contributed by atoms with Gasteiger partial charge in [0.25, 0.3) is 0 Å². The maximum Gasteiger partial charge on any atom is 0.220 e. The number of nitrogens with one attached hydrogen (secondary N) is 1. The molecule has 142 valence electrons. The number of aromatic nitrogens is 3. The molecule has 4 rings (SSSR count). The predicted molar refractivity (Wildman–Crippen MR) is 112 cm³/mol. The molecule has 2 aromatic heterocycles. The zero-order chi connectivity index (χ0) is 19.7. The number of benzene rings is 2. The van der Waals surface area contributed by atoms with E-state index in [2.05, 4.69) is 10.4 Å². The molecule has 2 heterocycles. The monoisotopic (exact) mass is 392 g/mol. The highest BCUT2D eigenvalue weighted by Crippen LogP contribution is 2.22. The first-order valence-electron chi connectivity index (χ1n) is 9.27. The van der Waals surface area contributed by atoms with Gasteiger partial charge in [-0.2, -0.15) is 5.10 Å². The van der Waals surface area contributed by atoms with Crippen molar-refractivity contribution in [1.29, 1.82) is 0 Å². The molecule has 0 radical (unpaired) electrons. The molecule has 0 fully saturated rings. The highest BCUT2D eigenvalue weighted by atomic mass is 35.5. The largest absolute Gasteiger partial charge is 0.352 e. The van der Waals surface area contributed by atoms with Crippen molar-refractivity contribution in [1.82, 2.24) is 19.9 Å². The minimum absolute atomic E-state index is 0.0134. The van der Waals surface area contributed by atoms with Crippen molar-refractivity contribution in [2.24, 2.45) is 0 Å². The van der Waals surface area contributed by atoms with Crippen molar-refractivity contribution in [2.45, 2.75) is 33.2 Å². The molecule has 28 heavy (non-hydrogen) atoms. The Hall–Kier alpha value is -2.92. The number of hydrogen-bond donors (Lipinski definition) is 1. The highest BCUT2D eigenvalue weighted by molar-refractivity contribution is 6.30. The normalized spacial score (nSPS) is 11.2. The molecule has 0 aliphatic carbocycles. The number of fused-ring (bicyclic) bond motifs is 3. The second-order valence-corrected chi connectivity index (χ2v) is 7.35. The van der Waals surface area contributed by atoms with Crippen LogP contribution < -0.4 is 5.32 Å². The van der Waals surface area contributed by atoms with Crippen LogP contribution in [-0.4, -0.2) is 20.5 Å². The summed E-state index contributed by atoms with van der Waals surface area (Å²) in [4.78, 5) is 17.1. The molecule has 0 spiro atoms. The van der Waals surface area contributed by atoms with Gasteiger partial charge in [0.05, 0.1) is 5.52 Å². The summed E-state index contributed by atoms with van der Waals surface area (Å²) in [5.74, 6) is 0.0134. The van der Waals surface area contributed by atoms with Crippen LogP contribution in [0.5, 0.6) is 0 Å². The van der Waals surface area contributed by atoms with Crippen LogP contribution in [0.25, 0.3) is 16.6 Å². The predicted octanol–water partition coefficient (Wildman–Crippen LogP) is 4.40. The molecule has 0 saturated heterocycles. The number of aryl methyl sites for hydroxylation is 2. The fraction of sp³-hybridized carbons (Fsp3) is 0.227. The molecule has 5 nitrogen and oxygen atoms in total. The fourth-order valence-corrected chi connectivity index (χ4v) is 3.59. The smallest absolute Gasteiger partial charge is 0.220 e. The summed E-state index contributed by atoms with van der Waals surface area (Å²) in [6.45, 7) is 4.53. The molecule has 0 atom stereocenters. The van der Waals surface area contributed by atoms with Gasteiger partial charge in [0.2, 0.25) is 5.91 Å². The standard InChI is InChI=1S/C22H21ClN4O/c1-14-18(11-12-21(28)24-13-16-7-9-17(23)10-8-16)15(2)27-22(25-14)19-5-3-4-6-20(19)26-27/h3-10H,11-13H2,1-2H3,(H,24,28). The number of amides is 1. The van der Waals surface area contributed by atoms with E-state index in [0.29, 0.717) is 24.4 Å². The SMILES string of the molecule is Cc1nc2c3ccccc3nn2c(C)c1CCC(=O)NCc1ccc(Cl)cc1. The van der Waals surface area contributed by atoms with Crippen LogP contribution in [0.2, 0.25) is 5.02 Å². The summed E-state index contributed by atoms with van der Waals surface area (Å²) in [6, 6.07) is 15.5. The van der Waals surface area contributed by atoms with Gasteiger partial charge < -0.3 is 5.32 Å². The first kappa shape index (κ1) is 18.4. The Morgan fingerprint density at radius 1 is 1.11 bits per heavy atom. The van der Waals surface area contributed by atoms with Gasteiger partial charge in [-0.15, -0.1) is 0 Å². The Kier molecular flexibility index (Phi) is 5.01. The zero-order valence-corrected chi connectivity index (χ0v) is 16.6. The lowest BCUT2D eigenvalue weighted by Crippen LogP contribution is -2.23. The molecule has 2 aromatic carbocycles. The van der Waals surface area contributed by atoms with Gasteiger partial charge in [0.15, 0.2) is 5.65 Å². The van der Waals surface area contributed by atoms with Crippen LogP contribution in [0.1, 0.15) is 28.9 Å². The lowest BCUT2D eigenvalue weighted by molar-refractivity contribution is -0.121. The molecule has 0 saturated carbocycles. The van der Waals surface area contributed by atoms with Crippen LogP contribution in [0.4, 0.5) is 0 Å². The Morgan fingerprint density at radius 3 is 2.64 bits per heavy atom. The number of hydrogen-bond acceptors (Lipinski definition) is 3. The van der Waals surface area contributed by atoms with E-state index < -0.39 is 0 Å². The van der Waals surface area contributed by atoms with E-state index in [0.717, 1.165) is 39.1 Å². The number of nitrogens with zero attached hydrogens (tertiary/aromatic N) is 3. The lowest BCUT2D eigenvalue weighted by atomic mass is 10.1. The molecule has 4 aromatic rings. The third kappa shape index (κ3) is 3.58. The minimum Gasteiger partial charge on any atom is -0.352 e. The van der Waals surface area contributed by atoms with Crippen LogP contribution in [0.3, 0.4) is 0 Å². The minimum atomic E-state index is 0.0134. The van der Waals surface area contributed by atoms with E-state index in [1.54, 1.807) is 0 Å². The summed E-state index contributed by atoms with van der Waals surface area (Å²) in [5, 5.41) is 9.36. The topological polar surface area (TPSA) is 59.3 Å². The third-order valence-corrected chi connectivity index (χ3v) is 5.28. The number of carbonyl (C=O) groups is 1. The Morgan fingerprint density at radius 2 is 1.86 bits per heavy atom. The van der Waals surface area contributed by atoms with Crippen molar-refractivity contribution in [3.05, 3.63) is 76.1 Å². The quantitative estimate of drug-likeness (QED) is 0.547. The van der Waals surface area contributed by atoms with Gasteiger partial charge in [0.1, 0.15) is 0 Å². The summed E-state index contributed by atoms with van der Waals surface area (Å²) in [5.41, 5.74) is 5.86. The molecular weight excluding hydrogens is 372 g/mol. The summed E-state index contributed by atoms with van der Waals surface area (Å²) < 4.78 is 1.89. The van der Waals surface area contributed by atoms with E-state index in [4.69, 9.17) is 16.6 Å². The van der Waals surface area contributed by atoms with Crippen molar-refractivity contribution in [3.8, 4) is 0 Å². The van der Waals surface area contributed by atoms with Gasteiger partial charge in [-0.25, -0.2) is 9.50 Å². The second-order valence-electron chi connectivity index (χ2n) is 6.92. The molecule has 0 unspecified atom stereocenters. The number of halogens is 1. The first-order chi connectivity index (χ1) is 13.5. The number of rotatable bonds is 5. The van der Waals surface area contributed by atoms with Crippen molar-refractivity contribution < 1.29 is 4.79 Å². The summed E-state index contributed by atoms with van der Waals surface area (Å²) in [6.07, 6.45) is 1.03. The van der Waals surface area contributed by atoms with Crippen molar-refractivity contribution in [2.75, 3.05) is 0 Å². The molecule has 6 heteroatoms. The fourth-order valence-electron chi connectivity index (χ4n) is 3.47. The lowest BCUT2D eigenvalue weighted by Gasteiger charge is -2.11. The van der Waals surface area contributed by atoms with Gasteiger partial charge in [-0.05, 0) is 55.7 Å². The van der Waals surface area contributed by atoms with Crippen LogP contribution in [0.15, 0.2) is 48.5 Å². The maximum atomic E-state index is 12.3. The van der Waals surface area contributed by atoms with Gasteiger partial charge in [-0.3, -0.25) is 4.79 Å². The molecule has 1 N–H and O–H groups in total. The molecule has 0 aliphatic rings. The van der Waals surface area contributed by atoms with E-state index in [-0.39, 0.29) is 5.91 Å². The molecule has 0 aliphatic heterocycles. The number of carbonyl (C=O) groups excluding carboxylic acids is 1. The molecular formula is C22H21ClN4O. The van der Waals surface area contributed by atoms with Crippen LogP contribution in [0, 0.1) is 13.8 Å². The summed E-state index contributed by atoms with van der Waals surface area (Å²) in [7, 11) is 0. The Labute approximate surface area is 168 Å². The van der Waals surface area contributed by atoms with E-state index >= 15 is 0 Å². The van der Waals surface area contributed by atoms with E-state index in [9.17, 15) is 4.79 Å². The van der Waals surface area contributed by atoms with E-state index in [1.165, 1.54) is 0 Å². The Balaban J connectivity index is 1.49. The van der Waals surface area contributed by atoms with E-state index in [1.807, 2.05) is 66.9 Å². The van der Waals surface area contributed by atoms with Gasteiger partial charge >= 0.3 is 0 Å². The van der Waals surface area contributed by atoms with Crippen LogP contribution >= 0.6 is 11.6 Å². The average Bonchev–Trinajstić information content (AvgIpc) is 3.06. The zero-order valence-electron chi connectivity index (χ0n) is 15.9. The highest BCUT2D eigenvalue weighted by Gasteiger charge is 2.14. The van der Waals surface area contributed by atoms with Gasteiger partial charge in [-0.1, -0.05) is 35.9 Å².